The molecule has 0 heterocycles. The minimum Gasteiger partial charge on any atom is -0.0622 e. The maximum Gasteiger partial charge on any atom is 0.0352 e. The van der Waals surface area contributed by atoms with Crippen molar-refractivity contribution in [1.82, 2.24) is 0 Å². The van der Waals surface area contributed by atoms with Crippen molar-refractivity contribution in [2.45, 2.75) is 25.2 Å². The Kier molecular flexibility index (Phi) is 4.05. The molecule has 1 atom stereocenters. The van der Waals surface area contributed by atoms with Crippen LogP contribution >= 0.6 is 0 Å². The topological polar surface area (TPSA) is 0 Å². The van der Waals surface area contributed by atoms with E-state index in [2.05, 4.69) is 129 Å². The molecule has 0 radical (unpaired) electrons. The van der Waals surface area contributed by atoms with E-state index in [9.17, 15) is 0 Å². The molecule has 1 unspecified atom stereocenters. The molecular formula is C34H26. The third-order valence-corrected chi connectivity index (χ3v) is 7.98. The van der Waals surface area contributed by atoms with E-state index in [4.69, 9.17) is 0 Å². The van der Waals surface area contributed by atoms with Crippen LogP contribution in [0.5, 0.6) is 0 Å². The lowest BCUT2D eigenvalue weighted by atomic mass is 9.80. The van der Waals surface area contributed by atoms with Crippen molar-refractivity contribution in [2.24, 2.45) is 0 Å². The highest BCUT2D eigenvalue weighted by molar-refractivity contribution is 5.90. The van der Waals surface area contributed by atoms with E-state index in [1.165, 1.54) is 61.2 Å². The highest BCUT2D eigenvalue weighted by Gasteiger charge is 2.39. The summed E-state index contributed by atoms with van der Waals surface area (Å²) in [6.07, 6.45) is 0. The highest BCUT2D eigenvalue weighted by atomic mass is 14.4. The van der Waals surface area contributed by atoms with Crippen LogP contribution in [0.4, 0.5) is 0 Å². The summed E-state index contributed by atoms with van der Waals surface area (Å²) in [4.78, 5) is 0. The van der Waals surface area contributed by atoms with Crippen LogP contribution in [0.3, 0.4) is 0 Å². The van der Waals surface area contributed by atoms with Crippen molar-refractivity contribution < 1.29 is 0 Å². The van der Waals surface area contributed by atoms with Gasteiger partial charge in [0.15, 0.2) is 0 Å². The van der Waals surface area contributed by atoms with E-state index in [0.717, 1.165) is 0 Å². The van der Waals surface area contributed by atoms with E-state index in [0.29, 0.717) is 0 Å². The van der Waals surface area contributed by atoms with Crippen LogP contribution in [0, 0.1) is 0 Å². The largest absolute Gasteiger partial charge is 0.0622 e. The Hall–Kier alpha value is -3.90. The summed E-state index contributed by atoms with van der Waals surface area (Å²) < 4.78 is 0. The van der Waals surface area contributed by atoms with Gasteiger partial charge in [0, 0.05) is 11.3 Å². The summed E-state index contributed by atoms with van der Waals surface area (Å²) >= 11 is 0. The highest BCUT2D eigenvalue weighted by Crippen LogP contribution is 2.55. The molecule has 0 nitrogen and oxygen atoms in total. The molecule has 0 spiro atoms. The maximum absolute atomic E-state index is 2.51. The van der Waals surface area contributed by atoms with Gasteiger partial charge in [-0.05, 0) is 67.3 Å². The summed E-state index contributed by atoms with van der Waals surface area (Å²) in [6.45, 7) is 4.74. The molecule has 0 amide bonds. The van der Waals surface area contributed by atoms with Crippen LogP contribution in [0.25, 0.3) is 33.4 Å². The fourth-order valence-electron chi connectivity index (χ4n) is 6.26. The number of rotatable bonds is 2. The second kappa shape index (κ2) is 7.05. The van der Waals surface area contributed by atoms with Crippen LogP contribution < -0.4 is 0 Å². The van der Waals surface area contributed by atoms with Gasteiger partial charge in [-0.3, -0.25) is 0 Å². The number of fused-ring (bicyclic) bond motifs is 6. The van der Waals surface area contributed by atoms with Crippen molar-refractivity contribution in [3.63, 3.8) is 0 Å². The van der Waals surface area contributed by atoms with Gasteiger partial charge in [-0.1, -0.05) is 123 Å². The minimum atomic E-state index is 0.0114. The van der Waals surface area contributed by atoms with Crippen molar-refractivity contribution >= 4 is 0 Å². The first kappa shape index (κ1) is 19.6. The second-order valence-corrected chi connectivity index (χ2v) is 10.2. The smallest absolute Gasteiger partial charge is 0.0352 e. The van der Waals surface area contributed by atoms with Crippen LogP contribution in [0.1, 0.15) is 47.6 Å². The van der Waals surface area contributed by atoms with Crippen molar-refractivity contribution in [2.75, 3.05) is 0 Å². The zero-order valence-electron chi connectivity index (χ0n) is 19.5. The summed E-state index contributed by atoms with van der Waals surface area (Å²) in [7, 11) is 0. The molecule has 34 heavy (non-hydrogen) atoms. The van der Waals surface area contributed by atoms with Gasteiger partial charge in [-0.2, -0.15) is 0 Å². The first-order chi connectivity index (χ1) is 16.6. The average Bonchev–Trinajstić information content (AvgIpc) is 3.33. The monoisotopic (exact) mass is 434 g/mol. The molecule has 0 saturated carbocycles. The summed E-state index contributed by atoms with van der Waals surface area (Å²) in [5, 5.41) is 0. The zero-order chi connectivity index (χ0) is 22.9. The predicted octanol–water partition coefficient (Wildman–Crippen LogP) is 8.82. The molecule has 7 rings (SSSR count). The van der Waals surface area contributed by atoms with Gasteiger partial charge in [0.25, 0.3) is 0 Å². The van der Waals surface area contributed by atoms with E-state index < -0.39 is 0 Å². The van der Waals surface area contributed by atoms with Gasteiger partial charge in [0.1, 0.15) is 0 Å². The molecule has 2 aliphatic rings. The first-order valence-electron chi connectivity index (χ1n) is 12.2. The van der Waals surface area contributed by atoms with Crippen LogP contribution in [0.15, 0.2) is 115 Å². The summed E-state index contributed by atoms with van der Waals surface area (Å²) in [5.74, 6) is 0.265. The van der Waals surface area contributed by atoms with Gasteiger partial charge in [-0.25, -0.2) is 0 Å². The van der Waals surface area contributed by atoms with Gasteiger partial charge in [-0.15, -0.1) is 0 Å². The molecule has 0 saturated heterocycles. The van der Waals surface area contributed by atoms with E-state index in [-0.39, 0.29) is 11.3 Å². The summed E-state index contributed by atoms with van der Waals surface area (Å²) in [6, 6.07) is 42.7. The molecule has 0 aromatic heterocycles. The second-order valence-electron chi connectivity index (χ2n) is 10.2. The standard InChI is InChI=1S/C34H26/c1-34(2)31-15-9-8-13-26(31)29-20-28-25-12-6-7-14-27(25)33(30(28)21-32(29)34)24-18-16-23(17-19-24)22-10-4-3-5-11-22/h3-21,33H,1-2H3. The fourth-order valence-corrected chi connectivity index (χ4v) is 6.26. The molecule has 0 heteroatoms. The molecule has 0 bridgehead atoms. The quantitative estimate of drug-likeness (QED) is 0.255. The third kappa shape index (κ3) is 2.66. The van der Waals surface area contributed by atoms with Crippen molar-refractivity contribution in [1.29, 1.82) is 0 Å². The molecule has 0 fully saturated rings. The van der Waals surface area contributed by atoms with E-state index in [1.54, 1.807) is 0 Å². The fraction of sp³-hybridized carbons (Fsp3) is 0.118. The number of hydrogen-bond donors (Lipinski definition) is 0. The van der Waals surface area contributed by atoms with Gasteiger partial charge in [0.2, 0.25) is 0 Å². The average molecular weight is 435 g/mol. The Bertz CT molecular complexity index is 1550. The summed E-state index contributed by atoms with van der Waals surface area (Å²) in [5.41, 5.74) is 15.2. The molecule has 2 aliphatic carbocycles. The van der Waals surface area contributed by atoms with Gasteiger partial charge >= 0.3 is 0 Å². The first-order valence-corrected chi connectivity index (χ1v) is 12.2. The molecule has 5 aromatic rings. The molecule has 5 aromatic carbocycles. The van der Waals surface area contributed by atoms with Gasteiger partial charge < -0.3 is 0 Å². The van der Waals surface area contributed by atoms with Crippen LogP contribution in [-0.2, 0) is 5.41 Å². The molecule has 0 N–H and O–H groups in total. The van der Waals surface area contributed by atoms with Crippen molar-refractivity contribution in [3.8, 4) is 33.4 Å². The molecule has 0 aliphatic heterocycles. The predicted molar refractivity (Wildman–Crippen MR) is 142 cm³/mol. The van der Waals surface area contributed by atoms with Gasteiger partial charge in [0.05, 0.1) is 0 Å². The Balaban J connectivity index is 1.41. The molecule has 162 valence electrons. The zero-order valence-corrected chi connectivity index (χ0v) is 19.5. The normalized spacial score (nSPS) is 16.5. The lowest BCUT2D eigenvalue weighted by Crippen LogP contribution is -2.15. The van der Waals surface area contributed by atoms with E-state index in [1.807, 2.05) is 0 Å². The lowest BCUT2D eigenvalue weighted by Gasteiger charge is -2.23. The Morgan fingerprint density at radius 1 is 0.471 bits per heavy atom. The van der Waals surface area contributed by atoms with Crippen LogP contribution in [0.2, 0.25) is 0 Å². The van der Waals surface area contributed by atoms with E-state index >= 15 is 0 Å². The Morgan fingerprint density at radius 2 is 1.12 bits per heavy atom. The third-order valence-electron chi connectivity index (χ3n) is 7.98. The Labute approximate surface area is 201 Å². The van der Waals surface area contributed by atoms with Crippen molar-refractivity contribution in [3.05, 3.63) is 143 Å². The Morgan fingerprint density at radius 3 is 1.91 bits per heavy atom. The minimum absolute atomic E-state index is 0.0114. The maximum atomic E-state index is 2.51. The number of hydrogen-bond acceptors (Lipinski definition) is 0. The van der Waals surface area contributed by atoms with Crippen LogP contribution in [-0.4, -0.2) is 0 Å². The lowest BCUT2D eigenvalue weighted by molar-refractivity contribution is 0.659. The SMILES string of the molecule is CC1(C)c2ccccc2-c2cc3c(cc21)C(c1ccc(-c2ccccc2)cc1)c1ccccc1-3. The molecular weight excluding hydrogens is 408 g/mol. The number of benzene rings is 5.